The molecule has 0 saturated heterocycles. The molecule has 1 heterocycles. The Morgan fingerprint density at radius 3 is 2.04 bits per heavy atom. The van der Waals surface area contributed by atoms with Crippen LogP contribution in [0.5, 0.6) is 0 Å². The molecule has 3 rings (SSSR count). The fourth-order valence-corrected chi connectivity index (χ4v) is 2.39. The summed E-state index contributed by atoms with van der Waals surface area (Å²) in [7, 11) is 0. The number of carbonyl (C=O) groups is 1. The van der Waals surface area contributed by atoms with Gasteiger partial charge in [-0.3, -0.25) is 4.79 Å². The Hall–Kier alpha value is -3.34. The average molecular weight is 333 g/mol. The minimum Gasteiger partial charge on any atom is -0.399 e. The average Bonchev–Trinajstić information content (AvgIpc) is 2.64. The van der Waals surface area contributed by atoms with E-state index < -0.39 is 0 Å². The van der Waals surface area contributed by atoms with Gasteiger partial charge in [-0.2, -0.15) is 0 Å². The predicted molar refractivity (Wildman–Crippen MR) is 101 cm³/mol. The third kappa shape index (κ3) is 4.35. The van der Waals surface area contributed by atoms with E-state index in [2.05, 4.69) is 22.1 Å². The fourth-order valence-electron chi connectivity index (χ4n) is 2.39. The third-order valence-electron chi connectivity index (χ3n) is 3.86. The van der Waals surface area contributed by atoms with Crippen molar-refractivity contribution in [3.63, 3.8) is 0 Å². The van der Waals surface area contributed by atoms with E-state index in [4.69, 9.17) is 5.73 Å². The molecule has 25 heavy (non-hydrogen) atoms. The minimum atomic E-state index is -0.159. The third-order valence-corrected chi connectivity index (χ3v) is 3.86. The Kier molecular flexibility index (Phi) is 4.95. The first-order chi connectivity index (χ1) is 12.1. The second-order valence-corrected chi connectivity index (χ2v) is 5.70. The molecule has 0 atom stereocenters. The van der Waals surface area contributed by atoms with Crippen LogP contribution in [0.1, 0.15) is 17.3 Å². The monoisotopic (exact) mass is 333 g/mol. The summed E-state index contributed by atoms with van der Waals surface area (Å²) in [4.78, 5) is 12.2. The van der Waals surface area contributed by atoms with Crippen molar-refractivity contribution in [1.82, 2.24) is 0 Å². The first-order valence-electron chi connectivity index (χ1n) is 8.17. The molecule has 1 aromatic heterocycles. The van der Waals surface area contributed by atoms with Gasteiger partial charge in [-0.05, 0) is 55.5 Å². The Balaban J connectivity index is 1.63. The Morgan fingerprint density at radius 1 is 0.880 bits per heavy atom. The number of nitrogen functional groups attached to an aromatic ring is 1. The topological polar surface area (TPSA) is 71.0 Å². The van der Waals surface area contributed by atoms with Gasteiger partial charge in [0.15, 0.2) is 12.4 Å². The van der Waals surface area contributed by atoms with Crippen molar-refractivity contribution in [3.05, 3.63) is 78.6 Å². The van der Waals surface area contributed by atoms with Crippen molar-refractivity contribution >= 4 is 28.7 Å². The maximum Gasteiger partial charge on any atom is 0.255 e. The summed E-state index contributed by atoms with van der Waals surface area (Å²) in [5.74, 6) is -0.159. The van der Waals surface area contributed by atoms with Crippen LogP contribution in [-0.4, -0.2) is 5.91 Å². The second-order valence-electron chi connectivity index (χ2n) is 5.70. The standard InChI is InChI=1S/C20H20N4O/c1-2-24-13-11-19(12-14-24)22-17-7-9-18(10-8-17)23-20(25)15-3-5-16(21)6-4-15/h3-14H,2H2,1H3,(H3,21,23,25)/p+1. The number of pyridine rings is 1. The van der Waals surface area contributed by atoms with Gasteiger partial charge in [-0.25, -0.2) is 4.57 Å². The molecule has 0 spiro atoms. The molecule has 126 valence electrons. The molecule has 0 aliphatic heterocycles. The lowest BCUT2D eigenvalue weighted by Crippen LogP contribution is -2.30. The molecule has 0 bridgehead atoms. The molecule has 2 aromatic carbocycles. The van der Waals surface area contributed by atoms with Crippen LogP contribution in [0, 0.1) is 0 Å². The van der Waals surface area contributed by atoms with Crippen LogP contribution >= 0.6 is 0 Å². The summed E-state index contributed by atoms with van der Waals surface area (Å²) in [6.07, 6.45) is 4.06. The lowest BCUT2D eigenvalue weighted by molar-refractivity contribution is -0.693. The molecule has 0 fully saturated rings. The molecule has 3 aromatic rings. The van der Waals surface area contributed by atoms with E-state index in [1.54, 1.807) is 24.3 Å². The number of anilines is 4. The van der Waals surface area contributed by atoms with Crippen LogP contribution in [0.25, 0.3) is 0 Å². The molecule has 5 nitrogen and oxygen atoms in total. The van der Waals surface area contributed by atoms with Crippen molar-refractivity contribution in [2.45, 2.75) is 13.5 Å². The Bertz CT molecular complexity index is 840. The highest BCUT2D eigenvalue weighted by Crippen LogP contribution is 2.18. The van der Waals surface area contributed by atoms with E-state index in [1.807, 2.05) is 48.8 Å². The number of nitrogens with two attached hydrogens (primary N) is 1. The van der Waals surface area contributed by atoms with E-state index in [0.29, 0.717) is 11.3 Å². The Labute approximate surface area is 147 Å². The van der Waals surface area contributed by atoms with Gasteiger partial charge in [-0.15, -0.1) is 0 Å². The van der Waals surface area contributed by atoms with Crippen LogP contribution in [0.4, 0.5) is 22.7 Å². The van der Waals surface area contributed by atoms with Crippen LogP contribution < -0.4 is 20.9 Å². The van der Waals surface area contributed by atoms with Crippen molar-refractivity contribution in [1.29, 1.82) is 0 Å². The van der Waals surface area contributed by atoms with Crippen molar-refractivity contribution in [2.24, 2.45) is 0 Å². The molecule has 0 aliphatic carbocycles. The van der Waals surface area contributed by atoms with Crippen LogP contribution in [0.2, 0.25) is 0 Å². The van der Waals surface area contributed by atoms with Crippen molar-refractivity contribution in [2.75, 3.05) is 16.4 Å². The summed E-state index contributed by atoms with van der Waals surface area (Å²) in [5, 5.41) is 6.21. The number of nitrogens with zero attached hydrogens (tertiary/aromatic N) is 1. The number of benzene rings is 2. The second kappa shape index (κ2) is 7.49. The number of rotatable bonds is 5. The highest BCUT2D eigenvalue weighted by atomic mass is 16.1. The maximum absolute atomic E-state index is 12.2. The molecule has 0 saturated carbocycles. The van der Waals surface area contributed by atoms with Gasteiger partial charge >= 0.3 is 0 Å². The van der Waals surface area contributed by atoms with E-state index in [-0.39, 0.29) is 5.91 Å². The molecule has 5 heteroatoms. The molecule has 0 aliphatic rings. The molecular weight excluding hydrogens is 312 g/mol. The van der Waals surface area contributed by atoms with Gasteiger partial charge in [0.1, 0.15) is 6.54 Å². The number of aromatic nitrogens is 1. The number of aryl methyl sites for hydroxylation is 1. The summed E-state index contributed by atoms with van der Waals surface area (Å²) in [6.45, 7) is 3.05. The van der Waals surface area contributed by atoms with Crippen LogP contribution in [0.15, 0.2) is 73.1 Å². The quantitative estimate of drug-likeness (QED) is 0.494. The smallest absolute Gasteiger partial charge is 0.255 e. The predicted octanol–water partition coefficient (Wildman–Crippen LogP) is 3.57. The largest absolute Gasteiger partial charge is 0.399 e. The zero-order chi connectivity index (χ0) is 17.6. The number of amides is 1. The molecule has 4 N–H and O–H groups in total. The number of nitrogens with one attached hydrogen (secondary N) is 2. The molecular formula is C20H21N4O+. The lowest BCUT2D eigenvalue weighted by Gasteiger charge is -2.08. The van der Waals surface area contributed by atoms with Crippen molar-refractivity contribution < 1.29 is 9.36 Å². The molecule has 0 radical (unpaired) electrons. The molecule has 1 amide bonds. The fraction of sp³-hybridized carbons (Fsp3) is 0.100. The van der Waals surface area contributed by atoms with Gasteiger partial charge < -0.3 is 16.4 Å². The number of carbonyl (C=O) groups excluding carboxylic acids is 1. The van der Waals surface area contributed by atoms with E-state index in [1.165, 1.54) is 0 Å². The Morgan fingerprint density at radius 2 is 1.44 bits per heavy atom. The van der Waals surface area contributed by atoms with Gasteiger partial charge in [0.05, 0.1) is 5.69 Å². The summed E-state index contributed by atoms with van der Waals surface area (Å²) in [5.41, 5.74) is 9.56. The SMILES string of the molecule is CC[n+]1ccc(Nc2ccc(NC(=O)c3ccc(N)cc3)cc2)cc1. The maximum atomic E-state index is 12.2. The van der Waals surface area contributed by atoms with E-state index >= 15 is 0 Å². The van der Waals surface area contributed by atoms with Gasteiger partial charge in [0.25, 0.3) is 5.91 Å². The highest BCUT2D eigenvalue weighted by molar-refractivity contribution is 6.04. The van der Waals surface area contributed by atoms with Gasteiger partial charge in [0, 0.05) is 34.8 Å². The zero-order valence-electron chi connectivity index (χ0n) is 14.1. The normalized spacial score (nSPS) is 10.3. The zero-order valence-corrected chi connectivity index (χ0v) is 14.1. The van der Waals surface area contributed by atoms with Gasteiger partial charge in [0.2, 0.25) is 0 Å². The van der Waals surface area contributed by atoms with Crippen LogP contribution in [0.3, 0.4) is 0 Å². The lowest BCUT2D eigenvalue weighted by atomic mass is 10.2. The first kappa shape index (κ1) is 16.5. The van der Waals surface area contributed by atoms with E-state index in [0.717, 1.165) is 23.6 Å². The van der Waals surface area contributed by atoms with E-state index in [9.17, 15) is 4.79 Å². The number of hydrogen-bond acceptors (Lipinski definition) is 3. The highest BCUT2D eigenvalue weighted by Gasteiger charge is 2.06. The van der Waals surface area contributed by atoms with Crippen LogP contribution in [-0.2, 0) is 6.54 Å². The summed E-state index contributed by atoms with van der Waals surface area (Å²) in [6, 6.07) is 18.5. The summed E-state index contributed by atoms with van der Waals surface area (Å²) < 4.78 is 2.10. The van der Waals surface area contributed by atoms with Gasteiger partial charge in [-0.1, -0.05) is 0 Å². The molecule has 0 unspecified atom stereocenters. The summed E-state index contributed by atoms with van der Waals surface area (Å²) >= 11 is 0. The first-order valence-corrected chi connectivity index (χ1v) is 8.17. The minimum absolute atomic E-state index is 0.159. The van der Waals surface area contributed by atoms with Crippen molar-refractivity contribution in [3.8, 4) is 0 Å². The number of hydrogen-bond donors (Lipinski definition) is 3.